The van der Waals surface area contributed by atoms with Crippen molar-refractivity contribution in [2.24, 2.45) is 0 Å². The molecule has 0 radical (unpaired) electrons. The molecule has 0 bridgehead atoms. The number of rotatable bonds is 3. The van der Waals surface area contributed by atoms with Crippen LogP contribution in [0.3, 0.4) is 0 Å². The number of benzene rings is 1. The molecule has 0 atom stereocenters. The molecule has 0 fully saturated rings. The molecule has 0 aliphatic heterocycles. The van der Waals surface area contributed by atoms with E-state index in [0.717, 1.165) is 4.31 Å². The fourth-order valence-electron chi connectivity index (χ4n) is 1.06. The zero-order chi connectivity index (χ0) is 9.90. The lowest BCUT2D eigenvalue weighted by Crippen LogP contribution is -2.26. The summed E-state index contributed by atoms with van der Waals surface area (Å²) in [7, 11) is 1.57. The predicted octanol–water partition coefficient (Wildman–Crippen LogP) is 2.00. The fourth-order valence-corrected chi connectivity index (χ4v) is 2.27. The van der Waals surface area contributed by atoms with Gasteiger partial charge >= 0.3 is 9.24 Å². The van der Waals surface area contributed by atoms with E-state index in [0.29, 0.717) is 12.2 Å². The number of hydrogen-bond donors (Lipinski definition) is 0. The van der Waals surface area contributed by atoms with Gasteiger partial charge in [-0.2, -0.15) is 8.42 Å². The van der Waals surface area contributed by atoms with Crippen LogP contribution in [0.15, 0.2) is 30.3 Å². The number of hydrogen-bond acceptors (Lipinski definition) is 2. The summed E-state index contributed by atoms with van der Waals surface area (Å²) in [6.07, 6.45) is 0. The normalized spacial score (nSPS) is 11.2. The summed E-state index contributed by atoms with van der Waals surface area (Å²) < 4.78 is 23.2. The van der Waals surface area contributed by atoms with Gasteiger partial charge in [0, 0.05) is 17.2 Å². The van der Waals surface area contributed by atoms with Crippen molar-refractivity contribution in [3.8, 4) is 0 Å². The monoisotopic (exact) mass is 219 g/mol. The minimum Gasteiger partial charge on any atom is -0.258 e. The van der Waals surface area contributed by atoms with E-state index in [-0.39, 0.29) is 0 Å². The Bertz CT molecular complexity index is 363. The number of halogens is 1. The van der Waals surface area contributed by atoms with Gasteiger partial charge in [0.25, 0.3) is 0 Å². The van der Waals surface area contributed by atoms with Crippen LogP contribution in [0.1, 0.15) is 6.92 Å². The minimum atomic E-state index is -3.66. The third-order valence-corrected chi connectivity index (χ3v) is 3.09. The van der Waals surface area contributed by atoms with Gasteiger partial charge in [-0.05, 0) is 19.1 Å². The van der Waals surface area contributed by atoms with Crippen LogP contribution in [0.5, 0.6) is 0 Å². The molecule has 0 unspecified atom stereocenters. The Labute approximate surface area is 82.5 Å². The molecule has 0 saturated carbocycles. The average Bonchev–Trinajstić information content (AvgIpc) is 2.05. The van der Waals surface area contributed by atoms with Crippen molar-refractivity contribution in [2.75, 3.05) is 10.8 Å². The van der Waals surface area contributed by atoms with E-state index >= 15 is 0 Å². The molecular weight excluding hydrogens is 210 g/mol. The molecule has 72 valence electrons. The van der Waals surface area contributed by atoms with Crippen molar-refractivity contribution < 1.29 is 8.42 Å². The molecule has 0 amide bonds. The molecular formula is C8H10ClNO2S. The van der Waals surface area contributed by atoms with Gasteiger partial charge in [0.15, 0.2) is 0 Å². The van der Waals surface area contributed by atoms with Gasteiger partial charge in [-0.25, -0.2) is 0 Å². The summed E-state index contributed by atoms with van der Waals surface area (Å²) in [6, 6.07) is 8.74. The van der Waals surface area contributed by atoms with Crippen LogP contribution in [0.25, 0.3) is 0 Å². The lowest BCUT2D eigenvalue weighted by atomic mass is 10.3. The van der Waals surface area contributed by atoms with Crippen molar-refractivity contribution >= 4 is 25.6 Å². The van der Waals surface area contributed by atoms with Gasteiger partial charge in [0.05, 0.1) is 5.69 Å². The van der Waals surface area contributed by atoms with Crippen LogP contribution in [-0.2, 0) is 9.24 Å². The first-order valence-corrected chi connectivity index (χ1v) is 6.09. The second-order valence-corrected chi connectivity index (χ2v) is 4.88. The highest BCUT2D eigenvalue weighted by atomic mass is 35.7. The average molecular weight is 220 g/mol. The zero-order valence-corrected chi connectivity index (χ0v) is 8.72. The van der Waals surface area contributed by atoms with E-state index in [1.807, 2.05) is 6.07 Å². The maximum atomic E-state index is 11.1. The van der Waals surface area contributed by atoms with Crippen molar-refractivity contribution in [2.45, 2.75) is 6.92 Å². The van der Waals surface area contributed by atoms with E-state index in [4.69, 9.17) is 10.7 Å². The lowest BCUT2D eigenvalue weighted by molar-refractivity contribution is 0.605. The summed E-state index contributed by atoms with van der Waals surface area (Å²) in [5, 5.41) is 0. The Balaban J connectivity index is 3.06. The maximum Gasteiger partial charge on any atom is 0.321 e. The van der Waals surface area contributed by atoms with Crippen molar-refractivity contribution in [3.05, 3.63) is 30.3 Å². The second kappa shape index (κ2) is 3.98. The first-order chi connectivity index (χ1) is 6.05. The molecule has 5 heteroatoms. The summed E-state index contributed by atoms with van der Waals surface area (Å²) >= 11 is 0. The van der Waals surface area contributed by atoms with Crippen LogP contribution in [0, 0.1) is 0 Å². The molecule has 1 rings (SSSR count). The van der Waals surface area contributed by atoms with Gasteiger partial charge in [0.2, 0.25) is 0 Å². The topological polar surface area (TPSA) is 37.4 Å². The Kier molecular flexibility index (Phi) is 3.17. The van der Waals surface area contributed by atoms with E-state index in [2.05, 4.69) is 0 Å². The first-order valence-electron chi connectivity index (χ1n) is 3.83. The molecule has 0 aliphatic carbocycles. The fraction of sp³-hybridized carbons (Fsp3) is 0.250. The smallest absolute Gasteiger partial charge is 0.258 e. The maximum absolute atomic E-state index is 11.1. The van der Waals surface area contributed by atoms with Gasteiger partial charge in [-0.15, -0.1) is 0 Å². The van der Waals surface area contributed by atoms with E-state index in [1.165, 1.54) is 0 Å². The van der Waals surface area contributed by atoms with E-state index in [1.54, 1.807) is 31.2 Å². The number of para-hydroxylation sites is 1. The Hall–Kier alpha value is -0.740. The molecule has 0 saturated heterocycles. The van der Waals surface area contributed by atoms with Gasteiger partial charge in [-0.3, -0.25) is 4.31 Å². The first kappa shape index (κ1) is 10.3. The van der Waals surface area contributed by atoms with E-state index < -0.39 is 9.24 Å². The molecule has 1 aromatic rings. The van der Waals surface area contributed by atoms with Crippen LogP contribution >= 0.6 is 10.7 Å². The SMILES string of the molecule is CCN(c1ccccc1)S(=O)(=O)Cl. The quantitative estimate of drug-likeness (QED) is 0.730. The second-order valence-electron chi connectivity index (χ2n) is 2.44. The number of anilines is 1. The van der Waals surface area contributed by atoms with Gasteiger partial charge in [-0.1, -0.05) is 18.2 Å². The Morgan fingerprint density at radius 2 is 1.85 bits per heavy atom. The zero-order valence-electron chi connectivity index (χ0n) is 7.14. The molecule has 1 aromatic carbocycles. The van der Waals surface area contributed by atoms with Crippen LogP contribution in [0.4, 0.5) is 5.69 Å². The highest BCUT2D eigenvalue weighted by Gasteiger charge is 2.16. The highest BCUT2D eigenvalue weighted by molar-refractivity contribution is 8.14. The molecule has 0 aromatic heterocycles. The number of nitrogens with zero attached hydrogens (tertiary/aromatic N) is 1. The molecule has 0 N–H and O–H groups in total. The van der Waals surface area contributed by atoms with Gasteiger partial charge < -0.3 is 0 Å². The predicted molar refractivity (Wildman–Crippen MR) is 54.2 cm³/mol. The highest BCUT2D eigenvalue weighted by Crippen LogP contribution is 2.18. The lowest BCUT2D eigenvalue weighted by Gasteiger charge is -2.17. The summed E-state index contributed by atoms with van der Waals surface area (Å²) in [5.41, 5.74) is 0.583. The summed E-state index contributed by atoms with van der Waals surface area (Å²) in [6.45, 7) is 2.06. The molecule has 0 aliphatic rings. The summed E-state index contributed by atoms with van der Waals surface area (Å²) in [4.78, 5) is 0. The minimum absolute atomic E-state index is 0.329. The van der Waals surface area contributed by atoms with Gasteiger partial charge in [0.1, 0.15) is 0 Å². The Morgan fingerprint density at radius 1 is 1.31 bits per heavy atom. The standard InChI is InChI=1S/C8H10ClNO2S/c1-2-10(13(9,11)12)8-6-4-3-5-7-8/h3-7H,2H2,1H3. The molecule has 13 heavy (non-hydrogen) atoms. The van der Waals surface area contributed by atoms with Crippen molar-refractivity contribution in [1.29, 1.82) is 0 Å². The van der Waals surface area contributed by atoms with Crippen LogP contribution in [0.2, 0.25) is 0 Å². The summed E-state index contributed by atoms with van der Waals surface area (Å²) in [5.74, 6) is 0. The van der Waals surface area contributed by atoms with Crippen LogP contribution in [-0.4, -0.2) is 15.0 Å². The molecule has 0 spiro atoms. The third kappa shape index (κ3) is 2.60. The third-order valence-electron chi connectivity index (χ3n) is 1.59. The molecule has 3 nitrogen and oxygen atoms in total. The van der Waals surface area contributed by atoms with Crippen molar-refractivity contribution in [1.82, 2.24) is 0 Å². The Morgan fingerprint density at radius 3 is 2.23 bits per heavy atom. The van der Waals surface area contributed by atoms with Crippen molar-refractivity contribution in [3.63, 3.8) is 0 Å². The van der Waals surface area contributed by atoms with Crippen LogP contribution < -0.4 is 4.31 Å². The largest absolute Gasteiger partial charge is 0.321 e. The molecule has 0 heterocycles. The van der Waals surface area contributed by atoms with E-state index in [9.17, 15) is 8.42 Å².